The second kappa shape index (κ2) is 9.74. The fourth-order valence-electron chi connectivity index (χ4n) is 3.06. The largest absolute Gasteiger partial charge is 0.507 e. The summed E-state index contributed by atoms with van der Waals surface area (Å²) in [6.07, 6.45) is 2.24. The third-order valence-corrected chi connectivity index (χ3v) is 6.39. The van der Waals surface area contributed by atoms with Crippen LogP contribution in [0.4, 0.5) is 0 Å². The summed E-state index contributed by atoms with van der Waals surface area (Å²) in [4.78, 5) is 28.2. The van der Waals surface area contributed by atoms with Crippen molar-refractivity contribution in [3.63, 3.8) is 0 Å². The molecule has 1 saturated heterocycles. The molecule has 3 N–H and O–H groups in total. The summed E-state index contributed by atoms with van der Waals surface area (Å²) in [7, 11) is 0. The van der Waals surface area contributed by atoms with Crippen molar-refractivity contribution in [2.45, 2.75) is 6.42 Å². The SMILES string of the molecule is O=C1NC(=NCCc2ccc(Cl)c(Cl)c2)S/C1=C\c1ccc(-c2ccc(C(=O)O)c(O)c2)o1. The minimum atomic E-state index is -1.22. The number of nitrogens with one attached hydrogen (secondary N) is 1. The van der Waals surface area contributed by atoms with Crippen molar-refractivity contribution < 1.29 is 24.2 Å². The Bertz CT molecular complexity index is 1320. The molecule has 3 aromatic rings. The van der Waals surface area contributed by atoms with Crippen molar-refractivity contribution >= 4 is 58.1 Å². The van der Waals surface area contributed by atoms with Gasteiger partial charge in [-0.2, -0.15) is 0 Å². The molecule has 1 aliphatic rings. The average molecular weight is 503 g/mol. The fourth-order valence-corrected chi connectivity index (χ4v) is 4.21. The van der Waals surface area contributed by atoms with Crippen molar-refractivity contribution in [1.82, 2.24) is 5.32 Å². The van der Waals surface area contributed by atoms with Crippen LogP contribution in [0.2, 0.25) is 10.0 Å². The van der Waals surface area contributed by atoms with Crippen LogP contribution in [-0.4, -0.2) is 33.8 Å². The molecule has 1 amide bonds. The second-order valence-corrected chi connectivity index (χ2v) is 8.83. The normalized spacial score (nSPS) is 15.9. The number of carboxylic acids is 1. The van der Waals surface area contributed by atoms with E-state index in [4.69, 9.17) is 32.7 Å². The molecule has 0 atom stereocenters. The zero-order chi connectivity index (χ0) is 23.5. The van der Waals surface area contributed by atoms with Crippen LogP contribution < -0.4 is 5.32 Å². The quantitative estimate of drug-likeness (QED) is 0.385. The highest BCUT2D eigenvalue weighted by atomic mass is 35.5. The van der Waals surface area contributed by atoms with E-state index in [2.05, 4.69) is 10.3 Å². The number of carbonyl (C=O) groups is 2. The minimum absolute atomic E-state index is 0.197. The highest BCUT2D eigenvalue weighted by Crippen LogP contribution is 2.31. The Balaban J connectivity index is 1.42. The van der Waals surface area contributed by atoms with Crippen LogP contribution in [-0.2, 0) is 11.2 Å². The maximum atomic E-state index is 12.3. The highest BCUT2D eigenvalue weighted by molar-refractivity contribution is 8.18. The first kappa shape index (κ1) is 23.0. The Morgan fingerprint density at radius 1 is 1.12 bits per heavy atom. The van der Waals surface area contributed by atoms with Crippen molar-refractivity contribution in [3.05, 3.63) is 80.4 Å². The molecule has 0 spiro atoms. The summed E-state index contributed by atoms with van der Waals surface area (Å²) in [5.74, 6) is -1.00. The smallest absolute Gasteiger partial charge is 0.339 e. The van der Waals surface area contributed by atoms with Crippen molar-refractivity contribution in [2.24, 2.45) is 4.99 Å². The Morgan fingerprint density at radius 3 is 2.67 bits per heavy atom. The van der Waals surface area contributed by atoms with Gasteiger partial charge in [-0.15, -0.1) is 0 Å². The van der Waals surface area contributed by atoms with Gasteiger partial charge in [-0.25, -0.2) is 4.79 Å². The lowest BCUT2D eigenvalue weighted by atomic mass is 10.1. The molecule has 1 aromatic heterocycles. The van der Waals surface area contributed by atoms with E-state index in [9.17, 15) is 14.7 Å². The van der Waals surface area contributed by atoms with Crippen LogP contribution in [0.5, 0.6) is 5.75 Å². The van der Waals surface area contributed by atoms with E-state index in [1.165, 1.54) is 30.0 Å². The third-order valence-electron chi connectivity index (χ3n) is 4.70. The van der Waals surface area contributed by atoms with Gasteiger partial charge in [0.15, 0.2) is 5.17 Å². The monoisotopic (exact) mass is 502 g/mol. The number of halogens is 2. The third kappa shape index (κ3) is 5.42. The number of rotatable bonds is 6. The van der Waals surface area contributed by atoms with Gasteiger partial charge >= 0.3 is 5.97 Å². The second-order valence-electron chi connectivity index (χ2n) is 6.99. The summed E-state index contributed by atoms with van der Waals surface area (Å²) in [6, 6.07) is 12.9. The Hall–Kier alpha value is -3.20. The number of hydrogen-bond acceptors (Lipinski definition) is 6. The number of carbonyl (C=O) groups excluding carboxylic acids is 1. The van der Waals surface area contributed by atoms with Gasteiger partial charge in [0.1, 0.15) is 22.8 Å². The minimum Gasteiger partial charge on any atom is -0.507 e. The lowest BCUT2D eigenvalue weighted by Gasteiger charge is -2.02. The van der Waals surface area contributed by atoms with Crippen molar-refractivity contribution in [1.29, 1.82) is 0 Å². The molecule has 0 bridgehead atoms. The zero-order valence-electron chi connectivity index (χ0n) is 16.8. The van der Waals surface area contributed by atoms with Crippen LogP contribution in [0.3, 0.4) is 0 Å². The maximum absolute atomic E-state index is 12.3. The lowest BCUT2D eigenvalue weighted by Crippen LogP contribution is -2.20. The Labute approximate surface area is 202 Å². The maximum Gasteiger partial charge on any atom is 0.339 e. The highest BCUT2D eigenvalue weighted by Gasteiger charge is 2.24. The van der Waals surface area contributed by atoms with Crippen LogP contribution in [0, 0.1) is 0 Å². The van der Waals surface area contributed by atoms with E-state index < -0.39 is 5.97 Å². The summed E-state index contributed by atoms with van der Waals surface area (Å²) in [5, 5.41) is 23.1. The first-order valence-corrected chi connectivity index (χ1v) is 11.2. The number of amides is 1. The number of thioether (sulfide) groups is 1. The zero-order valence-corrected chi connectivity index (χ0v) is 19.2. The average Bonchev–Trinajstić information content (AvgIpc) is 3.37. The number of carboxylic acid groups (broad SMARTS) is 1. The molecule has 4 rings (SSSR count). The summed E-state index contributed by atoms with van der Waals surface area (Å²) in [6.45, 7) is 0.467. The molecular weight excluding hydrogens is 487 g/mol. The van der Waals surface area contributed by atoms with Crippen LogP contribution in [0.1, 0.15) is 21.7 Å². The molecule has 0 saturated carbocycles. The molecule has 0 radical (unpaired) electrons. The number of aliphatic imine (C=N–C) groups is 1. The summed E-state index contributed by atoms with van der Waals surface area (Å²) >= 11 is 13.1. The van der Waals surface area contributed by atoms with E-state index in [-0.39, 0.29) is 17.2 Å². The van der Waals surface area contributed by atoms with E-state index in [1.807, 2.05) is 6.07 Å². The number of benzene rings is 2. The van der Waals surface area contributed by atoms with Gasteiger partial charge < -0.3 is 19.9 Å². The molecule has 0 aliphatic carbocycles. The molecule has 2 aromatic carbocycles. The van der Waals surface area contributed by atoms with Crippen LogP contribution in [0.15, 0.2) is 62.8 Å². The van der Waals surface area contributed by atoms with Gasteiger partial charge in [-0.3, -0.25) is 9.79 Å². The van der Waals surface area contributed by atoms with E-state index in [0.29, 0.717) is 50.2 Å². The lowest BCUT2D eigenvalue weighted by molar-refractivity contribution is -0.115. The number of aromatic hydroxyl groups is 1. The molecule has 1 aliphatic heterocycles. The molecule has 0 unspecified atom stereocenters. The van der Waals surface area contributed by atoms with Crippen molar-refractivity contribution in [3.8, 4) is 17.1 Å². The summed E-state index contributed by atoms with van der Waals surface area (Å²) < 4.78 is 5.74. The molecule has 168 valence electrons. The molecule has 33 heavy (non-hydrogen) atoms. The number of aromatic carboxylic acids is 1. The number of furan rings is 1. The molecule has 2 heterocycles. The predicted octanol–water partition coefficient (Wildman–Crippen LogP) is 5.46. The first-order chi connectivity index (χ1) is 15.8. The Kier molecular flexibility index (Phi) is 6.78. The fraction of sp³-hybridized carbons (Fsp3) is 0.0870. The molecule has 7 nitrogen and oxygen atoms in total. The predicted molar refractivity (Wildman–Crippen MR) is 129 cm³/mol. The summed E-state index contributed by atoms with van der Waals surface area (Å²) in [5.41, 5.74) is 1.30. The Morgan fingerprint density at radius 2 is 1.94 bits per heavy atom. The van der Waals surface area contributed by atoms with Crippen LogP contribution >= 0.6 is 35.0 Å². The number of hydrogen-bond donors (Lipinski definition) is 3. The van der Waals surface area contributed by atoms with Gasteiger partial charge in [-0.1, -0.05) is 35.3 Å². The van der Waals surface area contributed by atoms with Gasteiger partial charge in [-0.05, 0) is 60.1 Å². The van der Waals surface area contributed by atoms with Crippen LogP contribution in [0.25, 0.3) is 17.4 Å². The van der Waals surface area contributed by atoms with Gasteiger partial charge in [0.25, 0.3) is 5.91 Å². The van der Waals surface area contributed by atoms with E-state index in [1.54, 1.807) is 30.3 Å². The number of nitrogens with zero attached hydrogens (tertiary/aromatic N) is 1. The topological polar surface area (TPSA) is 112 Å². The van der Waals surface area contributed by atoms with Crippen molar-refractivity contribution in [2.75, 3.05) is 6.54 Å². The van der Waals surface area contributed by atoms with Gasteiger partial charge in [0.2, 0.25) is 0 Å². The standard InChI is InChI=1S/C23H16Cl2N2O5S/c24-16-5-1-12(9-17(16)25)7-8-26-23-27-21(29)20(33-23)11-14-3-6-19(32-14)13-2-4-15(22(30)31)18(28)10-13/h1-6,9-11,28H,7-8H2,(H,30,31)(H,26,27,29)/b20-11-. The van der Waals surface area contributed by atoms with Gasteiger partial charge in [0.05, 0.1) is 15.0 Å². The molecular formula is C23H16Cl2N2O5S. The molecule has 10 heteroatoms. The molecule has 1 fully saturated rings. The number of amidine groups is 1. The van der Waals surface area contributed by atoms with E-state index in [0.717, 1.165) is 5.56 Å². The van der Waals surface area contributed by atoms with E-state index >= 15 is 0 Å². The first-order valence-electron chi connectivity index (χ1n) is 9.66. The van der Waals surface area contributed by atoms with Gasteiger partial charge in [0, 0.05) is 18.2 Å². The number of phenols is 1.